The number of aromatic nitrogens is 1. The van der Waals surface area contributed by atoms with Gasteiger partial charge in [0.1, 0.15) is 5.71 Å². The molecule has 0 aromatic carbocycles. The van der Waals surface area contributed by atoms with Crippen LogP contribution in [0.1, 0.15) is 31.4 Å². The van der Waals surface area contributed by atoms with Gasteiger partial charge in [0.2, 0.25) is 0 Å². The zero-order chi connectivity index (χ0) is 17.4. The number of carbonyl (C=O) groups is 2. The van der Waals surface area contributed by atoms with E-state index >= 15 is 0 Å². The molecule has 1 aliphatic carbocycles. The molecule has 0 radical (unpaired) electrons. The summed E-state index contributed by atoms with van der Waals surface area (Å²) in [5.41, 5.74) is 1.19. The summed E-state index contributed by atoms with van der Waals surface area (Å²) in [5.74, 6) is -0.283. The molecule has 25 heavy (non-hydrogen) atoms. The van der Waals surface area contributed by atoms with Crippen molar-refractivity contribution in [1.29, 1.82) is 0 Å². The molecule has 3 amide bonds. The lowest BCUT2D eigenvalue weighted by molar-refractivity contribution is -0.110. The van der Waals surface area contributed by atoms with Gasteiger partial charge in [0.25, 0.3) is 5.91 Å². The Labute approximate surface area is 145 Å². The smallest absolute Gasteiger partial charge is 0.317 e. The zero-order valence-electron chi connectivity index (χ0n) is 14.1. The molecule has 1 saturated carbocycles. The predicted molar refractivity (Wildman–Crippen MR) is 91.2 cm³/mol. The minimum atomic E-state index is -0.572. The lowest BCUT2D eigenvalue weighted by atomic mass is 9.96. The van der Waals surface area contributed by atoms with E-state index in [1.54, 1.807) is 23.2 Å². The monoisotopic (exact) mass is 343 g/mol. The maximum atomic E-state index is 12.4. The molecule has 1 unspecified atom stereocenters. The number of anilines is 1. The molecule has 1 spiro atoms. The summed E-state index contributed by atoms with van der Waals surface area (Å²) in [6, 6.07) is 3.84. The zero-order valence-corrected chi connectivity index (χ0v) is 14.1. The van der Waals surface area contributed by atoms with Crippen LogP contribution in [0.25, 0.3) is 0 Å². The minimum Gasteiger partial charge on any atom is -0.386 e. The first kappa shape index (κ1) is 15.9. The largest absolute Gasteiger partial charge is 0.386 e. The number of pyridine rings is 1. The van der Waals surface area contributed by atoms with E-state index in [2.05, 4.69) is 20.8 Å². The van der Waals surface area contributed by atoms with E-state index in [0.717, 1.165) is 18.5 Å². The molecular weight excluding hydrogens is 322 g/mol. The highest BCUT2D eigenvalue weighted by Gasteiger charge is 2.48. The van der Waals surface area contributed by atoms with Gasteiger partial charge in [-0.2, -0.15) is 0 Å². The van der Waals surface area contributed by atoms with Gasteiger partial charge in [0.15, 0.2) is 5.60 Å². The van der Waals surface area contributed by atoms with Gasteiger partial charge in [0, 0.05) is 31.6 Å². The lowest BCUT2D eigenvalue weighted by Crippen LogP contribution is -2.42. The summed E-state index contributed by atoms with van der Waals surface area (Å²) in [6.07, 6.45) is 4.88. The number of rotatable bonds is 3. The van der Waals surface area contributed by atoms with Gasteiger partial charge < -0.3 is 20.4 Å². The number of hydrogen-bond donors (Lipinski definition) is 2. The fourth-order valence-corrected chi connectivity index (χ4v) is 3.18. The molecule has 0 bridgehead atoms. The van der Waals surface area contributed by atoms with Gasteiger partial charge in [-0.15, -0.1) is 0 Å². The number of urea groups is 1. The number of nitrogens with one attached hydrogen (secondary N) is 2. The fourth-order valence-electron chi connectivity index (χ4n) is 3.18. The Morgan fingerprint density at radius 2 is 2.24 bits per heavy atom. The Morgan fingerprint density at radius 3 is 3.00 bits per heavy atom. The van der Waals surface area contributed by atoms with Crippen LogP contribution in [-0.2, 0) is 9.63 Å². The minimum absolute atomic E-state index is 0.0492. The topological polar surface area (TPSA) is 95.9 Å². The van der Waals surface area contributed by atoms with Crippen LogP contribution < -0.4 is 10.6 Å². The molecule has 1 aromatic heterocycles. The highest BCUT2D eigenvalue weighted by atomic mass is 16.7. The molecular formula is C17H21N5O3. The maximum Gasteiger partial charge on any atom is 0.317 e. The molecule has 2 N–H and O–H groups in total. The van der Waals surface area contributed by atoms with Crippen molar-refractivity contribution in [2.75, 3.05) is 18.4 Å². The Bertz CT molecular complexity index is 746. The normalized spacial score (nSPS) is 24.8. The number of carbonyl (C=O) groups excluding carboxylic acids is 2. The standard InChI is InChI=1S/C17H21N5O3/c1-11-13(3-2-7-18-11)20-15(23)14-9-17(25-21-14)6-8-22(10-17)16(24)19-12-4-5-12/h2-3,7,12H,4-6,8-10H2,1H3,(H,19,24)(H,20,23). The summed E-state index contributed by atoms with van der Waals surface area (Å²) >= 11 is 0. The summed E-state index contributed by atoms with van der Waals surface area (Å²) in [4.78, 5) is 36.1. The number of nitrogens with zero attached hydrogens (tertiary/aromatic N) is 3. The summed E-state index contributed by atoms with van der Waals surface area (Å²) in [5, 5.41) is 9.79. The summed E-state index contributed by atoms with van der Waals surface area (Å²) < 4.78 is 0. The van der Waals surface area contributed by atoms with Crippen molar-refractivity contribution in [3.8, 4) is 0 Å². The number of oxime groups is 1. The molecule has 1 aromatic rings. The quantitative estimate of drug-likeness (QED) is 0.867. The van der Waals surface area contributed by atoms with Crippen molar-refractivity contribution in [3.05, 3.63) is 24.0 Å². The first-order chi connectivity index (χ1) is 12.0. The molecule has 1 atom stereocenters. The van der Waals surface area contributed by atoms with E-state index in [-0.39, 0.29) is 11.9 Å². The SMILES string of the molecule is Cc1ncccc1NC(=O)C1=NOC2(CCN(C(=O)NC3CC3)C2)C1. The molecule has 8 heteroatoms. The van der Waals surface area contributed by atoms with Crippen molar-refractivity contribution in [3.63, 3.8) is 0 Å². The number of hydrogen-bond acceptors (Lipinski definition) is 5. The molecule has 8 nitrogen and oxygen atoms in total. The second-order valence-electron chi connectivity index (χ2n) is 6.97. The van der Waals surface area contributed by atoms with Gasteiger partial charge in [-0.3, -0.25) is 9.78 Å². The van der Waals surface area contributed by atoms with Crippen LogP contribution in [0.5, 0.6) is 0 Å². The molecule has 132 valence electrons. The summed E-state index contributed by atoms with van der Waals surface area (Å²) in [7, 11) is 0. The van der Waals surface area contributed by atoms with E-state index in [9.17, 15) is 9.59 Å². The van der Waals surface area contributed by atoms with Crippen LogP contribution in [0.3, 0.4) is 0 Å². The van der Waals surface area contributed by atoms with Crippen molar-refractivity contribution in [2.45, 2.75) is 44.2 Å². The van der Waals surface area contributed by atoms with Crippen molar-refractivity contribution >= 4 is 23.3 Å². The van der Waals surface area contributed by atoms with Gasteiger partial charge >= 0.3 is 6.03 Å². The molecule has 3 heterocycles. The highest BCUT2D eigenvalue weighted by molar-refractivity contribution is 6.43. The van der Waals surface area contributed by atoms with E-state index in [1.165, 1.54) is 0 Å². The fraction of sp³-hybridized carbons (Fsp3) is 0.529. The third-order valence-corrected chi connectivity index (χ3v) is 4.86. The molecule has 1 saturated heterocycles. The Morgan fingerprint density at radius 1 is 1.40 bits per heavy atom. The average Bonchev–Trinajstić information content (AvgIpc) is 3.17. The van der Waals surface area contributed by atoms with Gasteiger partial charge in [-0.1, -0.05) is 5.16 Å². The van der Waals surface area contributed by atoms with Crippen molar-refractivity contribution < 1.29 is 14.4 Å². The predicted octanol–water partition coefficient (Wildman–Crippen LogP) is 1.42. The van der Waals surface area contributed by atoms with Crippen molar-refractivity contribution in [2.24, 2.45) is 5.16 Å². The number of amides is 3. The summed E-state index contributed by atoms with van der Waals surface area (Å²) in [6.45, 7) is 2.90. The Hall–Kier alpha value is -2.64. The molecule has 4 rings (SSSR count). The Balaban J connectivity index is 1.35. The first-order valence-corrected chi connectivity index (χ1v) is 8.58. The molecule has 2 fully saturated rings. The maximum absolute atomic E-state index is 12.4. The van der Waals surface area contributed by atoms with E-state index in [4.69, 9.17) is 4.84 Å². The lowest BCUT2D eigenvalue weighted by Gasteiger charge is -2.21. The van der Waals surface area contributed by atoms with Crippen molar-refractivity contribution in [1.82, 2.24) is 15.2 Å². The third kappa shape index (κ3) is 3.29. The van der Waals surface area contributed by atoms with E-state index < -0.39 is 5.60 Å². The third-order valence-electron chi connectivity index (χ3n) is 4.86. The van der Waals surface area contributed by atoms with Crippen LogP contribution in [-0.4, -0.2) is 52.3 Å². The van der Waals surface area contributed by atoms with Crippen LogP contribution in [0.4, 0.5) is 10.5 Å². The van der Waals surface area contributed by atoms with Gasteiger partial charge in [-0.25, -0.2) is 4.79 Å². The average molecular weight is 343 g/mol. The second-order valence-corrected chi connectivity index (χ2v) is 6.97. The molecule has 2 aliphatic heterocycles. The highest BCUT2D eigenvalue weighted by Crippen LogP contribution is 2.34. The van der Waals surface area contributed by atoms with Gasteiger partial charge in [-0.05, 0) is 31.9 Å². The van der Waals surface area contributed by atoms with Gasteiger partial charge in [0.05, 0.1) is 17.9 Å². The number of likely N-dealkylation sites (tertiary alicyclic amines) is 1. The van der Waals surface area contributed by atoms with Crippen LogP contribution in [0.15, 0.2) is 23.5 Å². The Kier molecular flexibility index (Phi) is 3.82. The van der Waals surface area contributed by atoms with Crippen LogP contribution >= 0.6 is 0 Å². The first-order valence-electron chi connectivity index (χ1n) is 8.58. The molecule has 3 aliphatic rings. The number of aryl methyl sites for hydroxylation is 1. The van der Waals surface area contributed by atoms with Crippen LogP contribution in [0.2, 0.25) is 0 Å². The van der Waals surface area contributed by atoms with Crippen LogP contribution in [0, 0.1) is 6.92 Å². The second kappa shape index (κ2) is 6.02. The van der Waals surface area contributed by atoms with E-state index in [0.29, 0.717) is 43.4 Å². The van der Waals surface area contributed by atoms with E-state index in [1.807, 2.05) is 6.92 Å².